The number of rotatable bonds is 4. The Balaban J connectivity index is 1.86. The van der Waals surface area contributed by atoms with Crippen molar-refractivity contribution in [2.75, 3.05) is 0 Å². The molecule has 0 atom stereocenters. The van der Waals surface area contributed by atoms with Crippen LogP contribution in [0.25, 0.3) is 16.9 Å². The van der Waals surface area contributed by atoms with Gasteiger partial charge in [-0.2, -0.15) is 0 Å². The first-order chi connectivity index (χ1) is 12.5. The molecule has 0 aliphatic heterocycles. The zero-order valence-electron chi connectivity index (χ0n) is 15.1. The van der Waals surface area contributed by atoms with Gasteiger partial charge in [-0.3, -0.25) is 4.79 Å². The summed E-state index contributed by atoms with van der Waals surface area (Å²) in [6.07, 6.45) is 5.56. The topological polar surface area (TPSA) is 52.2 Å². The van der Waals surface area contributed by atoms with Crippen LogP contribution in [0.2, 0.25) is 0 Å². The van der Waals surface area contributed by atoms with Crippen LogP contribution in [0.15, 0.2) is 55.1 Å². The molecule has 0 unspecified atom stereocenters. The van der Waals surface area contributed by atoms with E-state index in [0.717, 1.165) is 28.2 Å². The van der Waals surface area contributed by atoms with Crippen molar-refractivity contribution in [2.24, 2.45) is 7.05 Å². The van der Waals surface area contributed by atoms with Crippen molar-refractivity contribution in [1.82, 2.24) is 18.9 Å². The predicted molar refractivity (Wildman–Crippen MR) is 101 cm³/mol. The van der Waals surface area contributed by atoms with Gasteiger partial charge in [0, 0.05) is 18.8 Å². The van der Waals surface area contributed by atoms with Gasteiger partial charge in [0.2, 0.25) is 0 Å². The standard InChI is InChI=1S/C21H20N4O/c1-14-4-7-16(8-5-14)21-17(10-19(26)18-11-22-13-24(18)3)25-12-15(2)6-9-20(25)23-21/h4-9,11-13H,10H2,1-3H3. The van der Waals surface area contributed by atoms with Crippen LogP contribution in [0.4, 0.5) is 0 Å². The Labute approximate surface area is 152 Å². The molecule has 0 amide bonds. The highest BCUT2D eigenvalue weighted by Gasteiger charge is 2.19. The highest BCUT2D eigenvalue weighted by atomic mass is 16.1. The van der Waals surface area contributed by atoms with Crippen LogP contribution in [-0.4, -0.2) is 24.7 Å². The SMILES string of the molecule is Cc1ccc(-c2nc3ccc(C)cn3c2CC(=O)c2cncn2C)cc1. The number of hydrogen-bond acceptors (Lipinski definition) is 3. The van der Waals surface area contributed by atoms with E-state index in [-0.39, 0.29) is 12.2 Å². The second-order valence-corrected chi connectivity index (χ2v) is 6.70. The van der Waals surface area contributed by atoms with Crippen LogP contribution >= 0.6 is 0 Å². The summed E-state index contributed by atoms with van der Waals surface area (Å²) < 4.78 is 3.78. The van der Waals surface area contributed by atoms with Crippen molar-refractivity contribution in [3.8, 4) is 11.3 Å². The molecular weight excluding hydrogens is 324 g/mol. The van der Waals surface area contributed by atoms with Crippen LogP contribution in [0.5, 0.6) is 0 Å². The molecule has 26 heavy (non-hydrogen) atoms. The van der Waals surface area contributed by atoms with E-state index in [0.29, 0.717) is 5.69 Å². The maximum absolute atomic E-state index is 12.9. The van der Waals surface area contributed by atoms with Gasteiger partial charge in [-0.05, 0) is 25.5 Å². The van der Waals surface area contributed by atoms with E-state index in [9.17, 15) is 4.79 Å². The summed E-state index contributed by atoms with van der Waals surface area (Å²) in [5.74, 6) is 0.0293. The Kier molecular flexibility index (Phi) is 3.92. The summed E-state index contributed by atoms with van der Waals surface area (Å²) in [7, 11) is 1.83. The normalized spacial score (nSPS) is 11.2. The van der Waals surface area contributed by atoms with E-state index in [1.54, 1.807) is 17.1 Å². The molecule has 0 bridgehead atoms. The fourth-order valence-corrected chi connectivity index (χ4v) is 3.18. The summed E-state index contributed by atoms with van der Waals surface area (Å²) in [5, 5.41) is 0. The van der Waals surface area contributed by atoms with Crippen molar-refractivity contribution < 1.29 is 4.79 Å². The third kappa shape index (κ3) is 2.81. The second kappa shape index (κ2) is 6.26. The molecule has 1 aromatic carbocycles. The average Bonchev–Trinajstić information content (AvgIpc) is 3.20. The van der Waals surface area contributed by atoms with Crippen LogP contribution in [-0.2, 0) is 13.5 Å². The van der Waals surface area contributed by atoms with Crippen LogP contribution in [0.3, 0.4) is 0 Å². The summed E-state index contributed by atoms with van der Waals surface area (Å²) in [4.78, 5) is 21.7. The molecule has 0 fully saturated rings. The predicted octanol–water partition coefficient (Wildman–Crippen LogP) is 3.78. The van der Waals surface area contributed by atoms with Gasteiger partial charge in [-0.25, -0.2) is 9.97 Å². The van der Waals surface area contributed by atoms with Crippen molar-refractivity contribution >= 4 is 11.4 Å². The van der Waals surface area contributed by atoms with E-state index in [1.807, 2.05) is 36.7 Å². The van der Waals surface area contributed by atoms with Gasteiger partial charge in [0.1, 0.15) is 11.3 Å². The molecule has 5 heteroatoms. The Morgan fingerprint density at radius 3 is 2.46 bits per heavy atom. The van der Waals surface area contributed by atoms with E-state index in [1.165, 1.54) is 5.56 Å². The van der Waals surface area contributed by atoms with E-state index in [2.05, 4.69) is 36.2 Å². The number of carbonyl (C=O) groups is 1. The summed E-state index contributed by atoms with van der Waals surface area (Å²) in [5.41, 5.74) is 6.54. The van der Waals surface area contributed by atoms with Crippen LogP contribution < -0.4 is 0 Å². The van der Waals surface area contributed by atoms with E-state index in [4.69, 9.17) is 4.98 Å². The average molecular weight is 344 g/mol. The number of pyridine rings is 1. The Bertz CT molecular complexity index is 1100. The van der Waals surface area contributed by atoms with Crippen molar-refractivity contribution in [1.29, 1.82) is 0 Å². The largest absolute Gasteiger partial charge is 0.331 e. The smallest absolute Gasteiger partial charge is 0.186 e. The third-order valence-electron chi connectivity index (χ3n) is 4.62. The maximum Gasteiger partial charge on any atom is 0.186 e. The Morgan fingerprint density at radius 1 is 1.04 bits per heavy atom. The molecule has 0 radical (unpaired) electrons. The molecule has 0 aliphatic rings. The van der Waals surface area contributed by atoms with Gasteiger partial charge < -0.3 is 8.97 Å². The molecule has 0 spiro atoms. The zero-order valence-corrected chi connectivity index (χ0v) is 15.1. The van der Waals surface area contributed by atoms with Gasteiger partial charge in [-0.15, -0.1) is 0 Å². The minimum absolute atomic E-state index is 0.0293. The van der Waals surface area contributed by atoms with Crippen molar-refractivity contribution in [3.63, 3.8) is 0 Å². The molecule has 0 saturated heterocycles. The maximum atomic E-state index is 12.9. The summed E-state index contributed by atoms with van der Waals surface area (Å²) in [6.45, 7) is 4.10. The number of carbonyl (C=O) groups excluding carboxylic acids is 1. The lowest BCUT2D eigenvalue weighted by Crippen LogP contribution is -2.10. The molecule has 3 aromatic heterocycles. The monoisotopic (exact) mass is 344 g/mol. The lowest BCUT2D eigenvalue weighted by atomic mass is 10.0. The fourth-order valence-electron chi connectivity index (χ4n) is 3.18. The lowest BCUT2D eigenvalue weighted by Gasteiger charge is -2.07. The molecule has 0 aliphatic carbocycles. The molecule has 5 nitrogen and oxygen atoms in total. The molecule has 0 saturated carbocycles. The highest BCUT2D eigenvalue weighted by molar-refractivity contribution is 5.96. The zero-order chi connectivity index (χ0) is 18.3. The summed E-state index contributed by atoms with van der Waals surface area (Å²) >= 11 is 0. The number of nitrogens with zero attached hydrogens (tertiary/aromatic N) is 4. The minimum atomic E-state index is 0.0293. The Hall–Kier alpha value is -3.21. The molecule has 0 N–H and O–H groups in total. The van der Waals surface area contributed by atoms with Gasteiger partial charge in [0.05, 0.1) is 30.3 Å². The second-order valence-electron chi connectivity index (χ2n) is 6.70. The van der Waals surface area contributed by atoms with E-state index >= 15 is 0 Å². The first kappa shape index (κ1) is 16.3. The first-order valence-corrected chi connectivity index (χ1v) is 8.57. The molecule has 4 rings (SSSR count). The highest BCUT2D eigenvalue weighted by Crippen LogP contribution is 2.26. The molecular formula is C21H20N4O. The number of benzene rings is 1. The number of aromatic nitrogens is 4. The number of fused-ring (bicyclic) bond motifs is 1. The number of imidazole rings is 2. The van der Waals surface area contributed by atoms with Gasteiger partial charge >= 0.3 is 0 Å². The van der Waals surface area contributed by atoms with Gasteiger partial charge in [-0.1, -0.05) is 35.9 Å². The van der Waals surface area contributed by atoms with E-state index < -0.39 is 0 Å². The Morgan fingerprint density at radius 2 is 1.77 bits per heavy atom. The van der Waals surface area contributed by atoms with Crippen molar-refractivity contribution in [3.05, 3.63) is 77.6 Å². The summed E-state index contributed by atoms with van der Waals surface area (Å²) in [6, 6.07) is 12.3. The molecule has 130 valence electrons. The lowest BCUT2D eigenvalue weighted by molar-refractivity contribution is 0.0984. The third-order valence-corrected chi connectivity index (χ3v) is 4.62. The van der Waals surface area contributed by atoms with Crippen molar-refractivity contribution in [2.45, 2.75) is 20.3 Å². The van der Waals surface area contributed by atoms with Gasteiger partial charge in [0.15, 0.2) is 5.78 Å². The minimum Gasteiger partial charge on any atom is -0.331 e. The molecule has 3 heterocycles. The first-order valence-electron chi connectivity index (χ1n) is 8.57. The fraction of sp³-hybridized carbons (Fsp3) is 0.190. The quantitative estimate of drug-likeness (QED) is 0.530. The number of hydrogen-bond donors (Lipinski definition) is 0. The molecule has 4 aromatic rings. The number of ketones is 1. The van der Waals surface area contributed by atoms with Crippen LogP contribution in [0, 0.1) is 13.8 Å². The number of aryl methyl sites for hydroxylation is 3. The van der Waals surface area contributed by atoms with Gasteiger partial charge in [0.25, 0.3) is 0 Å². The number of Topliss-reactive ketones (excluding diaryl/α,β-unsaturated/α-hetero) is 1. The van der Waals surface area contributed by atoms with Crippen LogP contribution in [0.1, 0.15) is 27.3 Å².